The van der Waals surface area contributed by atoms with Crippen LogP contribution in [-0.2, 0) is 0 Å². The fourth-order valence-electron chi connectivity index (χ4n) is 1.35. The van der Waals surface area contributed by atoms with E-state index >= 15 is 0 Å². The Kier molecular flexibility index (Phi) is 4.58. The molecule has 0 aromatic heterocycles. The van der Waals surface area contributed by atoms with Gasteiger partial charge in [0.05, 0.1) is 0 Å². The molecule has 3 nitrogen and oxygen atoms in total. The number of ether oxygens (including phenoxy) is 1. The number of halogens is 3. The molecule has 6 heteroatoms. The first kappa shape index (κ1) is 14.3. The number of alkyl halides is 3. The zero-order chi connectivity index (χ0) is 13.8. The van der Waals surface area contributed by atoms with Crippen molar-refractivity contribution in [2.75, 3.05) is 12.4 Å². The number of amidine groups is 1. The molecule has 0 heterocycles. The van der Waals surface area contributed by atoms with Gasteiger partial charge in [0, 0.05) is 18.7 Å². The Balaban J connectivity index is 2.72. The third-order valence-electron chi connectivity index (χ3n) is 2.15. The van der Waals surface area contributed by atoms with E-state index in [1.54, 1.807) is 7.05 Å². The maximum Gasteiger partial charge on any atom is 0.573 e. The van der Waals surface area contributed by atoms with Gasteiger partial charge in [-0.15, -0.1) is 13.2 Å². The maximum atomic E-state index is 12.0. The standard InChI is InChI=1S/C12H15F3N2O/c1-8(2)11(16-3)17-9-4-6-10(7-5-9)18-12(13,14)15/h4-8H,1-3H3,(H,16,17). The van der Waals surface area contributed by atoms with Crippen molar-refractivity contribution in [3.8, 4) is 5.75 Å². The molecule has 0 saturated heterocycles. The predicted octanol–water partition coefficient (Wildman–Crippen LogP) is 3.68. The summed E-state index contributed by atoms with van der Waals surface area (Å²) in [4.78, 5) is 4.06. The quantitative estimate of drug-likeness (QED) is 0.664. The summed E-state index contributed by atoms with van der Waals surface area (Å²) in [5.74, 6) is 0.730. The van der Waals surface area contributed by atoms with Crippen LogP contribution in [0.5, 0.6) is 5.75 Å². The van der Waals surface area contributed by atoms with E-state index in [1.165, 1.54) is 24.3 Å². The average Bonchev–Trinajstić information content (AvgIpc) is 2.25. The highest BCUT2D eigenvalue weighted by atomic mass is 19.4. The van der Waals surface area contributed by atoms with Crippen LogP contribution in [0, 0.1) is 5.92 Å². The van der Waals surface area contributed by atoms with Crippen molar-refractivity contribution in [3.63, 3.8) is 0 Å². The first-order valence-electron chi connectivity index (χ1n) is 5.41. The molecule has 1 aromatic carbocycles. The molecule has 1 N–H and O–H groups in total. The van der Waals surface area contributed by atoms with Gasteiger partial charge < -0.3 is 10.1 Å². The van der Waals surface area contributed by atoms with Crippen LogP contribution in [-0.4, -0.2) is 19.2 Å². The van der Waals surface area contributed by atoms with Crippen LogP contribution in [0.2, 0.25) is 0 Å². The first-order chi connectivity index (χ1) is 8.31. The Bertz CT molecular complexity index is 410. The summed E-state index contributed by atoms with van der Waals surface area (Å²) in [5, 5.41) is 3.03. The highest BCUT2D eigenvalue weighted by molar-refractivity contribution is 5.96. The van der Waals surface area contributed by atoms with Gasteiger partial charge in [0.2, 0.25) is 0 Å². The maximum absolute atomic E-state index is 12.0. The van der Waals surface area contributed by atoms with Crippen LogP contribution in [0.1, 0.15) is 13.8 Å². The van der Waals surface area contributed by atoms with Crippen LogP contribution in [0.15, 0.2) is 29.3 Å². The fraction of sp³-hybridized carbons (Fsp3) is 0.417. The monoisotopic (exact) mass is 260 g/mol. The molecule has 0 spiro atoms. The summed E-state index contributed by atoms with van der Waals surface area (Å²) >= 11 is 0. The van der Waals surface area contributed by atoms with Gasteiger partial charge in [-0.2, -0.15) is 0 Å². The lowest BCUT2D eigenvalue weighted by atomic mass is 10.2. The summed E-state index contributed by atoms with van der Waals surface area (Å²) in [6, 6.07) is 5.52. The Morgan fingerprint density at radius 2 is 1.78 bits per heavy atom. The van der Waals surface area contributed by atoms with E-state index in [0.29, 0.717) is 5.69 Å². The van der Waals surface area contributed by atoms with Crippen LogP contribution in [0.3, 0.4) is 0 Å². The molecule has 0 fully saturated rings. The van der Waals surface area contributed by atoms with Gasteiger partial charge >= 0.3 is 6.36 Å². The van der Waals surface area contributed by atoms with Crippen molar-refractivity contribution in [1.82, 2.24) is 0 Å². The number of benzene rings is 1. The number of rotatable bonds is 3. The van der Waals surface area contributed by atoms with Gasteiger partial charge in [0.1, 0.15) is 11.6 Å². The van der Waals surface area contributed by atoms with Crippen molar-refractivity contribution in [1.29, 1.82) is 0 Å². The third-order valence-corrected chi connectivity index (χ3v) is 2.15. The molecule has 0 bridgehead atoms. The van der Waals surface area contributed by atoms with E-state index in [2.05, 4.69) is 15.0 Å². The van der Waals surface area contributed by atoms with Crippen LogP contribution in [0.4, 0.5) is 18.9 Å². The van der Waals surface area contributed by atoms with Crippen LogP contribution < -0.4 is 10.1 Å². The molecule has 1 rings (SSSR count). The number of aliphatic imine (C=N–C) groups is 1. The largest absolute Gasteiger partial charge is 0.573 e. The lowest BCUT2D eigenvalue weighted by Gasteiger charge is -2.13. The van der Waals surface area contributed by atoms with Crippen molar-refractivity contribution in [2.45, 2.75) is 20.2 Å². The Labute approximate surface area is 104 Å². The minimum Gasteiger partial charge on any atom is -0.406 e. The number of nitrogens with zero attached hydrogens (tertiary/aromatic N) is 1. The van der Waals surface area contributed by atoms with Crippen molar-refractivity contribution in [3.05, 3.63) is 24.3 Å². The second-order valence-corrected chi connectivity index (χ2v) is 3.96. The lowest BCUT2D eigenvalue weighted by molar-refractivity contribution is -0.274. The SMILES string of the molecule is CN=C(Nc1ccc(OC(F)(F)F)cc1)C(C)C. The van der Waals surface area contributed by atoms with E-state index < -0.39 is 6.36 Å². The van der Waals surface area contributed by atoms with Crippen molar-refractivity contribution >= 4 is 11.5 Å². The molecule has 0 aliphatic heterocycles. The zero-order valence-electron chi connectivity index (χ0n) is 10.4. The molecule has 0 unspecified atom stereocenters. The van der Waals surface area contributed by atoms with Gasteiger partial charge in [-0.25, -0.2) is 0 Å². The molecule has 18 heavy (non-hydrogen) atoms. The minimum atomic E-state index is -4.66. The van der Waals surface area contributed by atoms with Gasteiger partial charge in [-0.1, -0.05) is 13.8 Å². The molecule has 0 atom stereocenters. The first-order valence-corrected chi connectivity index (χ1v) is 5.41. The van der Waals surface area contributed by atoms with Gasteiger partial charge in [0.25, 0.3) is 0 Å². The van der Waals surface area contributed by atoms with E-state index in [9.17, 15) is 13.2 Å². The Morgan fingerprint density at radius 1 is 1.22 bits per heavy atom. The summed E-state index contributed by atoms with van der Waals surface area (Å²) in [6.45, 7) is 3.94. The highest BCUT2D eigenvalue weighted by Gasteiger charge is 2.30. The molecule has 0 radical (unpaired) electrons. The number of hydrogen-bond donors (Lipinski definition) is 1. The predicted molar refractivity (Wildman–Crippen MR) is 64.9 cm³/mol. The van der Waals surface area contributed by atoms with E-state index in [0.717, 1.165) is 5.84 Å². The van der Waals surface area contributed by atoms with Gasteiger partial charge in [-0.05, 0) is 24.3 Å². The second-order valence-electron chi connectivity index (χ2n) is 3.96. The topological polar surface area (TPSA) is 33.6 Å². The summed E-state index contributed by atoms with van der Waals surface area (Å²) in [5.41, 5.74) is 0.666. The van der Waals surface area contributed by atoms with E-state index in [-0.39, 0.29) is 11.7 Å². The van der Waals surface area contributed by atoms with Crippen LogP contribution >= 0.6 is 0 Å². The van der Waals surface area contributed by atoms with E-state index in [1.807, 2.05) is 13.8 Å². The van der Waals surface area contributed by atoms with Crippen molar-refractivity contribution < 1.29 is 17.9 Å². The number of nitrogens with one attached hydrogen (secondary N) is 1. The Morgan fingerprint density at radius 3 is 2.17 bits per heavy atom. The van der Waals surface area contributed by atoms with E-state index in [4.69, 9.17) is 0 Å². The molecule has 100 valence electrons. The average molecular weight is 260 g/mol. The number of hydrogen-bond acceptors (Lipinski definition) is 2. The fourth-order valence-corrected chi connectivity index (χ4v) is 1.35. The highest BCUT2D eigenvalue weighted by Crippen LogP contribution is 2.24. The molecular formula is C12H15F3N2O. The molecule has 0 aliphatic carbocycles. The molecule has 0 aliphatic rings. The van der Waals surface area contributed by atoms with Crippen molar-refractivity contribution in [2.24, 2.45) is 10.9 Å². The number of anilines is 1. The second kappa shape index (κ2) is 5.75. The van der Waals surface area contributed by atoms with Crippen LogP contribution in [0.25, 0.3) is 0 Å². The molecule has 0 amide bonds. The molecular weight excluding hydrogens is 245 g/mol. The summed E-state index contributed by atoms with van der Waals surface area (Å²) in [6.07, 6.45) is -4.66. The zero-order valence-corrected chi connectivity index (χ0v) is 10.4. The Hall–Kier alpha value is -1.72. The smallest absolute Gasteiger partial charge is 0.406 e. The lowest BCUT2D eigenvalue weighted by Crippen LogP contribution is -2.19. The van der Waals surface area contributed by atoms with Gasteiger partial charge in [0.15, 0.2) is 0 Å². The van der Waals surface area contributed by atoms with Gasteiger partial charge in [-0.3, -0.25) is 4.99 Å². The summed E-state index contributed by atoms with van der Waals surface area (Å²) in [7, 11) is 1.66. The molecule has 1 aromatic rings. The molecule has 0 saturated carbocycles. The summed E-state index contributed by atoms with van der Waals surface area (Å²) < 4.78 is 39.6. The minimum absolute atomic E-state index is 0.209. The third kappa shape index (κ3) is 4.65. The normalized spacial score (nSPS) is 12.7.